The Balaban J connectivity index is 1.40. The maximum absolute atomic E-state index is 13.1. The number of carbonyl (C=O) groups is 1. The van der Waals surface area contributed by atoms with Gasteiger partial charge in [-0.2, -0.15) is 5.10 Å². The summed E-state index contributed by atoms with van der Waals surface area (Å²) in [5.41, 5.74) is 3.81. The topological polar surface area (TPSA) is 94.6 Å². The molecule has 2 aromatic heterocycles. The zero-order chi connectivity index (χ0) is 20.5. The minimum absolute atomic E-state index is 0.00536. The monoisotopic (exact) mass is 425 g/mol. The molecule has 2 aliphatic rings. The predicted octanol–water partition coefficient (Wildman–Crippen LogP) is 1.89. The molecule has 0 atom stereocenters. The fraction of sp³-hybridized carbons (Fsp3) is 0.381. The molecule has 8 nitrogen and oxygen atoms in total. The molecule has 4 heterocycles. The number of aliphatic hydroxyl groups is 1. The summed E-state index contributed by atoms with van der Waals surface area (Å²) in [7, 11) is 0. The highest BCUT2D eigenvalue weighted by atomic mass is 32.1. The Labute approximate surface area is 178 Å². The van der Waals surface area contributed by atoms with E-state index in [4.69, 9.17) is 14.8 Å². The summed E-state index contributed by atoms with van der Waals surface area (Å²) in [6.45, 7) is 4.26. The lowest BCUT2D eigenvalue weighted by Gasteiger charge is -2.33. The van der Waals surface area contributed by atoms with E-state index in [0.29, 0.717) is 31.2 Å². The Hall–Kier alpha value is -2.75. The van der Waals surface area contributed by atoms with Crippen LogP contribution in [0.15, 0.2) is 30.6 Å². The first-order chi connectivity index (χ1) is 14.7. The van der Waals surface area contributed by atoms with Gasteiger partial charge < -0.3 is 14.7 Å². The van der Waals surface area contributed by atoms with E-state index in [0.717, 1.165) is 52.5 Å². The summed E-state index contributed by atoms with van der Waals surface area (Å²) in [4.78, 5) is 22.9. The van der Waals surface area contributed by atoms with Crippen molar-refractivity contribution in [1.82, 2.24) is 25.0 Å². The molecule has 5 rings (SSSR count). The van der Waals surface area contributed by atoms with Crippen molar-refractivity contribution in [2.75, 3.05) is 45.9 Å². The molecule has 9 heteroatoms. The highest BCUT2D eigenvalue weighted by Crippen LogP contribution is 2.39. The molecule has 30 heavy (non-hydrogen) atoms. The van der Waals surface area contributed by atoms with Gasteiger partial charge in [0.25, 0.3) is 5.91 Å². The lowest BCUT2D eigenvalue weighted by atomic mass is 10.0. The summed E-state index contributed by atoms with van der Waals surface area (Å²) < 4.78 is 5.99. The van der Waals surface area contributed by atoms with E-state index in [1.54, 1.807) is 6.20 Å². The quantitative estimate of drug-likeness (QED) is 0.663. The van der Waals surface area contributed by atoms with Gasteiger partial charge in [0.1, 0.15) is 5.75 Å². The SMILES string of the molecule is O=C(c1nc2c(s1)CCOc1cc(-c3cn[nH]c3)ccc1-2)N1CCN(CCO)CC1. The zero-order valence-electron chi connectivity index (χ0n) is 16.5. The zero-order valence-corrected chi connectivity index (χ0v) is 17.3. The number of nitrogens with one attached hydrogen (secondary N) is 1. The van der Waals surface area contributed by atoms with Gasteiger partial charge in [-0.3, -0.25) is 14.8 Å². The maximum Gasteiger partial charge on any atom is 0.282 e. The van der Waals surface area contributed by atoms with Crippen LogP contribution in [0, 0.1) is 0 Å². The van der Waals surface area contributed by atoms with E-state index in [1.807, 2.05) is 29.3 Å². The smallest absolute Gasteiger partial charge is 0.282 e. The molecule has 2 aliphatic heterocycles. The standard InChI is InChI=1S/C21H23N5O3S/c27-9-8-25-4-6-26(7-5-25)21(28)20-24-19-16-2-1-14(15-12-22-23-13-15)11-17(16)29-10-3-18(19)30-20/h1-2,11-13,27H,3-10H2,(H,22,23). The normalized spacial score (nSPS) is 16.5. The molecule has 0 bridgehead atoms. The first-order valence-electron chi connectivity index (χ1n) is 10.1. The van der Waals surface area contributed by atoms with Crippen LogP contribution in [0.2, 0.25) is 0 Å². The van der Waals surface area contributed by atoms with Crippen LogP contribution in [0.1, 0.15) is 14.7 Å². The molecule has 1 saturated heterocycles. The van der Waals surface area contributed by atoms with Crippen LogP contribution in [0.5, 0.6) is 5.75 Å². The van der Waals surface area contributed by atoms with Crippen LogP contribution < -0.4 is 4.74 Å². The van der Waals surface area contributed by atoms with Crippen LogP contribution >= 0.6 is 11.3 Å². The molecular formula is C21H23N5O3S. The number of fused-ring (bicyclic) bond motifs is 3. The van der Waals surface area contributed by atoms with Crippen LogP contribution in [0.4, 0.5) is 0 Å². The van der Waals surface area contributed by atoms with Gasteiger partial charge in [-0.25, -0.2) is 4.98 Å². The van der Waals surface area contributed by atoms with Crippen molar-refractivity contribution >= 4 is 17.2 Å². The number of β-amino-alcohol motifs (C(OH)–C–C–N with tert-alkyl or cyclic N) is 1. The number of carbonyl (C=O) groups excluding carboxylic acids is 1. The van der Waals surface area contributed by atoms with Gasteiger partial charge in [0.15, 0.2) is 5.01 Å². The maximum atomic E-state index is 13.1. The number of ether oxygens (including phenoxy) is 1. The third kappa shape index (κ3) is 3.60. The summed E-state index contributed by atoms with van der Waals surface area (Å²) in [5.74, 6) is 0.781. The number of aromatic nitrogens is 3. The number of hydrogen-bond donors (Lipinski definition) is 2. The van der Waals surface area contributed by atoms with Gasteiger partial charge in [-0.05, 0) is 17.7 Å². The third-order valence-corrected chi connectivity index (χ3v) is 6.71. The van der Waals surface area contributed by atoms with Crippen molar-refractivity contribution < 1.29 is 14.6 Å². The van der Waals surface area contributed by atoms with E-state index in [2.05, 4.69) is 15.1 Å². The molecule has 156 valence electrons. The molecule has 1 fully saturated rings. The minimum Gasteiger partial charge on any atom is -0.492 e. The Bertz CT molecular complexity index is 1040. The van der Waals surface area contributed by atoms with Gasteiger partial charge in [0.2, 0.25) is 0 Å². The Morgan fingerprint density at radius 1 is 1.23 bits per heavy atom. The summed E-state index contributed by atoms with van der Waals surface area (Å²) in [6, 6.07) is 6.06. The fourth-order valence-corrected chi connectivity index (χ4v) is 4.98. The van der Waals surface area contributed by atoms with Gasteiger partial charge in [0, 0.05) is 61.3 Å². The summed E-state index contributed by atoms with van der Waals surface area (Å²) >= 11 is 1.48. The van der Waals surface area contributed by atoms with Gasteiger partial charge in [-0.15, -0.1) is 11.3 Å². The van der Waals surface area contributed by atoms with E-state index in [-0.39, 0.29) is 12.5 Å². The van der Waals surface area contributed by atoms with Crippen molar-refractivity contribution in [1.29, 1.82) is 0 Å². The summed E-state index contributed by atoms with van der Waals surface area (Å²) in [6.07, 6.45) is 4.37. The van der Waals surface area contributed by atoms with Crippen molar-refractivity contribution in [2.24, 2.45) is 0 Å². The molecule has 0 saturated carbocycles. The number of aliphatic hydroxyl groups excluding tert-OH is 1. The van der Waals surface area contributed by atoms with Crippen molar-refractivity contribution in [3.63, 3.8) is 0 Å². The molecule has 1 aromatic carbocycles. The van der Waals surface area contributed by atoms with Crippen LogP contribution in [0.3, 0.4) is 0 Å². The van der Waals surface area contributed by atoms with Gasteiger partial charge in [-0.1, -0.05) is 6.07 Å². The number of H-pyrrole nitrogens is 1. The molecule has 0 radical (unpaired) electrons. The second-order valence-corrected chi connectivity index (χ2v) is 8.53. The van der Waals surface area contributed by atoms with Crippen LogP contribution in [-0.2, 0) is 6.42 Å². The summed E-state index contributed by atoms with van der Waals surface area (Å²) in [5, 5.41) is 16.5. The number of benzene rings is 1. The lowest BCUT2D eigenvalue weighted by Crippen LogP contribution is -2.49. The van der Waals surface area contributed by atoms with E-state index >= 15 is 0 Å². The fourth-order valence-electron chi connectivity index (χ4n) is 3.95. The average Bonchev–Trinajstić information content (AvgIpc) is 3.42. The number of nitrogens with zero attached hydrogens (tertiary/aromatic N) is 4. The number of rotatable bonds is 4. The molecular weight excluding hydrogens is 402 g/mol. The predicted molar refractivity (Wildman–Crippen MR) is 114 cm³/mol. The molecule has 3 aromatic rings. The highest BCUT2D eigenvalue weighted by molar-refractivity contribution is 7.14. The molecule has 1 amide bonds. The second-order valence-electron chi connectivity index (χ2n) is 7.44. The van der Waals surface area contributed by atoms with Crippen LogP contribution in [-0.4, -0.2) is 81.9 Å². The Kier molecular flexibility index (Phi) is 5.24. The number of aromatic amines is 1. The number of piperazine rings is 1. The lowest BCUT2D eigenvalue weighted by molar-refractivity contribution is 0.0614. The van der Waals surface area contributed by atoms with Gasteiger partial charge in [0.05, 0.1) is 25.1 Å². The Morgan fingerprint density at radius 3 is 2.87 bits per heavy atom. The van der Waals surface area contributed by atoms with E-state index in [9.17, 15) is 4.79 Å². The Morgan fingerprint density at radius 2 is 2.10 bits per heavy atom. The first kappa shape index (κ1) is 19.2. The first-order valence-corrected chi connectivity index (χ1v) is 10.9. The van der Waals surface area contributed by atoms with E-state index in [1.165, 1.54) is 11.3 Å². The molecule has 2 N–H and O–H groups in total. The number of amides is 1. The van der Waals surface area contributed by atoms with Crippen molar-refractivity contribution in [3.8, 4) is 28.1 Å². The van der Waals surface area contributed by atoms with Crippen molar-refractivity contribution in [2.45, 2.75) is 6.42 Å². The average molecular weight is 426 g/mol. The molecule has 0 aliphatic carbocycles. The highest BCUT2D eigenvalue weighted by Gasteiger charge is 2.27. The third-order valence-electron chi connectivity index (χ3n) is 5.61. The molecule has 0 spiro atoms. The second kappa shape index (κ2) is 8.17. The van der Waals surface area contributed by atoms with Gasteiger partial charge >= 0.3 is 0 Å². The number of hydrogen-bond acceptors (Lipinski definition) is 7. The minimum atomic E-state index is -0.00536. The van der Waals surface area contributed by atoms with Crippen LogP contribution in [0.25, 0.3) is 22.4 Å². The largest absolute Gasteiger partial charge is 0.492 e. The molecule has 0 unspecified atom stereocenters. The number of thiazole rings is 1. The van der Waals surface area contributed by atoms with E-state index < -0.39 is 0 Å². The van der Waals surface area contributed by atoms with Crippen molar-refractivity contribution in [3.05, 3.63) is 40.5 Å².